The number of hydrogen-bond acceptors (Lipinski definition) is 6. The van der Waals surface area contributed by atoms with E-state index in [9.17, 15) is 21.6 Å². The van der Waals surface area contributed by atoms with Gasteiger partial charge >= 0.3 is 5.97 Å². The average molecular weight is 315 g/mol. The Bertz CT molecular complexity index is 525. The lowest BCUT2D eigenvalue weighted by atomic mass is 10.2. The normalized spacial score (nSPS) is 22.3. The number of sulfone groups is 1. The van der Waals surface area contributed by atoms with E-state index in [0.717, 1.165) is 10.6 Å². The molecule has 1 atom stereocenters. The number of aliphatic carboxylic acids is 1. The van der Waals surface area contributed by atoms with E-state index < -0.39 is 43.4 Å². The summed E-state index contributed by atoms with van der Waals surface area (Å²) in [4.78, 5) is 10.6. The van der Waals surface area contributed by atoms with Crippen LogP contribution >= 0.6 is 0 Å². The van der Waals surface area contributed by atoms with Gasteiger partial charge in [-0.15, -0.1) is 0 Å². The molecule has 1 aliphatic heterocycles. The van der Waals surface area contributed by atoms with Gasteiger partial charge in [-0.25, -0.2) is 16.8 Å². The molecule has 0 aromatic carbocycles. The van der Waals surface area contributed by atoms with Crippen molar-refractivity contribution >= 4 is 25.8 Å². The molecule has 1 unspecified atom stereocenters. The summed E-state index contributed by atoms with van der Waals surface area (Å²) in [5.41, 5.74) is 0. The highest BCUT2D eigenvalue weighted by atomic mass is 32.2. The van der Waals surface area contributed by atoms with Crippen molar-refractivity contribution in [3.8, 4) is 0 Å². The number of rotatable bonds is 6. The molecule has 10 heteroatoms. The predicted molar refractivity (Wildman–Crippen MR) is 67.1 cm³/mol. The van der Waals surface area contributed by atoms with E-state index in [1.807, 2.05) is 0 Å². The van der Waals surface area contributed by atoms with E-state index >= 15 is 0 Å². The Kier molecular flexibility index (Phi) is 5.30. The van der Waals surface area contributed by atoms with Crippen LogP contribution in [0.2, 0.25) is 0 Å². The maximum atomic E-state index is 11.9. The summed E-state index contributed by atoms with van der Waals surface area (Å²) in [6, 6.07) is 0. The van der Waals surface area contributed by atoms with Crippen LogP contribution in [0.25, 0.3) is 0 Å². The standard InChI is InChI=1S/C9H17NO7S2/c1-18(13,14)4-5-19(15,16)10-2-3-17-8(7-10)6-9(11)12/h8H,2-7H2,1H3,(H,11,12). The maximum absolute atomic E-state index is 11.9. The number of hydrogen-bond donors (Lipinski definition) is 1. The summed E-state index contributed by atoms with van der Waals surface area (Å²) >= 11 is 0. The Morgan fingerprint density at radius 1 is 1.32 bits per heavy atom. The number of nitrogens with zero attached hydrogens (tertiary/aromatic N) is 1. The van der Waals surface area contributed by atoms with Crippen molar-refractivity contribution in [1.29, 1.82) is 0 Å². The molecular weight excluding hydrogens is 298 g/mol. The minimum Gasteiger partial charge on any atom is -0.481 e. The van der Waals surface area contributed by atoms with E-state index in [2.05, 4.69) is 0 Å². The third-order valence-electron chi connectivity index (χ3n) is 2.61. The minimum atomic E-state index is -3.70. The van der Waals surface area contributed by atoms with Crippen LogP contribution in [-0.2, 0) is 29.4 Å². The van der Waals surface area contributed by atoms with Crippen LogP contribution in [0.1, 0.15) is 6.42 Å². The fraction of sp³-hybridized carbons (Fsp3) is 0.889. The summed E-state index contributed by atoms with van der Waals surface area (Å²) in [6.45, 7) is 0.163. The Morgan fingerprint density at radius 2 is 1.95 bits per heavy atom. The summed E-state index contributed by atoms with van der Waals surface area (Å²) in [5, 5.41) is 8.64. The van der Waals surface area contributed by atoms with Gasteiger partial charge in [-0.1, -0.05) is 0 Å². The second-order valence-electron chi connectivity index (χ2n) is 4.39. The van der Waals surface area contributed by atoms with Crippen LogP contribution in [0.3, 0.4) is 0 Å². The molecule has 1 fully saturated rings. The Morgan fingerprint density at radius 3 is 2.47 bits per heavy atom. The number of carboxylic acid groups (broad SMARTS) is 1. The van der Waals surface area contributed by atoms with E-state index in [0.29, 0.717) is 0 Å². The zero-order chi connectivity index (χ0) is 14.7. The van der Waals surface area contributed by atoms with Crippen molar-refractivity contribution in [3.63, 3.8) is 0 Å². The van der Waals surface area contributed by atoms with Crippen molar-refractivity contribution in [1.82, 2.24) is 4.31 Å². The maximum Gasteiger partial charge on any atom is 0.306 e. The monoisotopic (exact) mass is 315 g/mol. The van der Waals surface area contributed by atoms with Gasteiger partial charge in [0.15, 0.2) is 0 Å². The second kappa shape index (κ2) is 6.16. The predicted octanol–water partition coefficient (Wildman–Crippen LogP) is -1.46. The molecule has 0 saturated carbocycles. The van der Waals surface area contributed by atoms with E-state index in [1.54, 1.807) is 0 Å². The molecule has 0 spiro atoms. The third-order valence-corrected chi connectivity index (χ3v) is 5.65. The zero-order valence-electron chi connectivity index (χ0n) is 10.5. The first-order valence-corrected chi connectivity index (χ1v) is 9.26. The molecule has 1 heterocycles. The van der Waals surface area contributed by atoms with Crippen LogP contribution in [0.15, 0.2) is 0 Å². The van der Waals surface area contributed by atoms with Crippen LogP contribution in [0.4, 0.5) is 0 Å². The molecule has 112 valence electrons. The highest BCUT2D eigenvalue weighted by molar-refractivity contribution is 7.93. The first-order chi connectivity index (χ1) is 8.60. The van der Waals surface area contributed by atoms with E-state index in [-0.39, 0.29) is 26.1 Å². The number of ether oxygens (including phenoxy) is 1. The van der Waals surface area contributed by atoms with Gasteiger partial charge in [-0.3, -0.25) is 4.79 Å². The molecule has 0 aliphatic carbocycles. The highest BCUT2D eigenvalue weighted by Crippen LogP contribution is 2.13. The fourth-order valence-electron chi connectivity index (χ4n) is 1.65. The van der Waals surface area contributed by atoms with Crippen LogP contribution in [0, 0.1) is 0 Å². The molecule has 0 aromatic heterocycles. The molecule has 1 rings (SSSR count). The van der Waals surface area contributed by atoms with E-state index in [4.69, 9.17) is 9.84 Å². The Labute approximate surface area is 112 Å². The number of sulfonamides is 1. The first-order valence-electron chi connectivity index (χ1n) is 5.59. The Hall–Kier alpha value is -0.710. The lowest BCUT2D eigenvalue weighted by Gasteiger charge is -2.31. The molecule has 0 bridgehead atoms. The van der Waals surface area contributed by atoms with Crippen molar-refractivity contribution in [2.24, 2.45) is 0 Å². The molecule has 19 heavy (non-hydrogen) atoms. The average Bonchev–Trinajstić information content (AvgIpc) is 2.25. The zero-order valence-corrected chi connectivity index (χ0v) is 12.1. The van der Waals surface area contributed by atoms with Crippen LogP contribution in [-0.4, -0.2) is 75.8 Å². The number of carbonyl (C=O) groups is 1. The van der Waals surface area contributed by atoms with Gasteiger partial charge in [-0.05, 0) is 0 Å². The number of carboxylic acids is 1. The van der Waals surface area contributed by atoms with Crippen LogP contribution < -0.4 is 0 Å². The van der Waals surface area contributed by atoms with Crippen molar-refractivity contribution in [2.45, 2.75) is 12.5 Å². The smallest absolute Gasteiger partial charge is 0.306 e. The van der Waals surface area contributed by atoms with Crippen molar-refractivity contribution in [2.75, 3.05) is 37.5 Å². The number of morpholine rings is 1. The summed E-state index contributed by atoms with van der Waals surface area (Å²) in [6.07, 6.45) is -0.00747. The van der Waals surface area contributed by atoms with Gasteiger partial charge < -0.3 is 9.84 Å². The molecule has 1 saturated heterocycles. The fourth-order valence-corrected chi connectivity index (χ4v) is 4.71. The first kappa shape index (κ1) is 16.3. The molecule has 1 aliphatic rings. The molecule has 0 amide bonds. The largest absolute Gasteiger partial charge is 0.481 e. The van der Waals surface area contributed by atoms with Gasteiger partial charge in [0.25, 0.3) is 0 Å². The van der Waals surface area contributed by atoms with Crippen molar-refractivity contribution in [3.05, 3.63) is 0 Å². The van der Waals surface area contributed by atoms with Crippen molar-refractivity contribution < 1.29 is 31.5 Å². The van der Waals surface area contributed by atoms with Crippen LogP contribution in [0.5, 0.6) is 0 Å². The van der Waals surface area contributed by atoms with Gasteiger partial charge in [-0.2, -0.15) is 4.31 Å². The highest BCUT2D eigenvalue weighted by Gasteiger charge is 2.30. The quantitative estimate of drug-likeness (QED) is 0.636. The van der Waals surface area contributed by atoms with E-state index in [1.165, 1.54) is 0 Å². The SMILES string of the molecule is CS(=O)(=O)CCS(=O)(=O)N1CCOC(CC(=O)O)C1. The third kappa shape index (κ3) is 5.85. The molecule has 0 radical (unpaired) electrons. The summed E-state index contributed by atoms with van der Waals surface area (Å²) in [7, 11) is -7.06. The summed E-state index contributed by atoms with van der Waals surface area (Å²) in [5.74, 6) is -2.01. The van der Waals surface area contributed by atoms with Gasteiger partial charge in [0.05, 0.1) is 30.6 Å². The molecular formula is C9H17NO7S2. The second-order valence-corrected chi connectivity index (χ2v) is 8.74. The van der Waals surface area contributed by atoms with Gasteiger partial charge in [0.2, 0.25) is 10.0 Å². The van der Waals surface area contributed by atoms with Gasteiger partial charge in [0.1, 0.15) is 9.84 Å². The Balaban J connectivity index is 2.65. The van der Waals surface area contributed by atoms with Gasteiger partial charge in [0, 0.05) is 19.3 Å². The topological polar surface area (TPSA) is 118 Å². The summed E-state index contributed by atoms with van der Waals surface area (Å²) < 4.78 is 52.1. The lowest BCUT2D eigenvalue weighted by molar-refractivity contribution is -0.141. The molecule has 1 N–H and O–H groups in total. The lowest BCUT2D eigenvalue weighted by Crippen LogP contribution is -2.47. The molecule has 8 nitrogen and oxygen atoms in total. The minimum absolute atomic E-state index is 0.0571. The molecule has 0 aromatic rings.